The fraction of sp³-hybridized carbons (Fsp3) is 0.130. The lowest BCUT2D eigenvalue weighted by Gasteiger charge is -2.24. The second-order valence-corrected chi connectivity index (χ2v) is 10.0. The number of nitro groups is 1. The van der Waals surface area contributed by atoms with E-state index in [9.17, 15) is 23.3 Å². The Morgan fingerprint density at radius 1 is 1.14 bits per heavy atom. The molecule has 182 valence electrons. The second-order valence-electron chi connectivity index (χ2n) is 7.26. The molecule has 12 heteroatoms. The number of methoxy groups -OCH3 is 1. The van der Waals surface area contributed by atoms with Crippen LogP contribution in [0.1, 0.15) is 11.1 Å². The number of sulfonamides is 1. The number of rotatable bonds is 9. The molecule has 10 nitrogen and oxygen atoms in total. The van der Waals surface area contributed by atoms with Crippen LogP contribution in [0.4, 0.5) is 11.4 Å². The standard InChI is InChI=1S/C23H21BrN4O6S/c1-16-3-12-21(13-22(16)28(30)31)35(32,33)27(19-8-10-20(34-2)11-9-19)15-23(29)26-25-14-17-4-6-18(24)7-5-17/h3-14H,15H2,1-2H3,(H,26,29)/b25-14+. The number of benzene rings is 3. The summed E-state index contributed by atoms with van der Waals surface area (Å²) in [7, 11) is -2.89. The lowest BCUT2D eigenvalue weighted by atomic mass is 10.2. The molecule has 0 unspecified atom stereocenters. The molecule has 0 atom stereocenters. The largest absolute Gasteiger partial charge is 0.497 e. The van der Waals surface area contributed by atoms with E-state index in [1.165, 1.54) is 44.5 Å². The van der Waals surface area contributed by atoms with E-state index in [4.69, 9.17) is 4.74 Å². The molecule has 0 fully saturated rings. The number of nitrogens with zero attached hydrogens (tertiary/aromatic N) is 3. The number of anilines is 1. The quantitative estimate of drug-likeness (QED) is 0.239. The minimum atomic E-state index is -4.35. The molecule has 1 N–H and O–H groups in total. The SMILES string of the molecule is COc1ccc(N(CC(=O)N/N=C/c2ccc(Br)cc2)S(=O)(=O)c2ccc(C)c([N+](=O)[O-])c2)cc1. The third-order valence-corrected chi connectivity index (χ3v) is 7.18. The van der Waals surface area contributed by atoms with Gasteiger partial charge in [-0.3, -0.25) is 19.2 Å². The average Bonchev–Trinajstić information content (AvgIpc) is 2.83. The fourth-order valence-corrected chi connectivity index (χ4v) is 4.74. The third kappa shape index (κ3) is 6.43. The van der Waals surface area contributed by atoms with Crippen molar-refractivity contribution in [1.82, 2.24) is 5.43 Å². The lowest BCUT2D eigenvalue weighted by molar-refractivity contribution is -0.385. The fourth-order valence-electron chi connectivity index (χ4n) is 3.03. The maximum Gasteiger partial charge on any atom is 0.273 e. The number of halogens is 1. The number of hydrazone groups is 1. The Kier molecular flexibility index (Phi) is 8.20. The molecule has 0 aliphatic heterocycles. The molecule has 3 rings (SSSR count). The minimum absolute atomic E-state index is 0.168. The first-order chi connectivity index (χ1) is 16.6. The number of amides is 1. The number of nitro benzene ring substituents is 1. The van der Waals surface area contributed by atoms with Crippen molar-refractivity contribution in [2.75, 3.05) is 18.0 Å². The molecule has 0 bridgehead atoms. The van der Waals surface area contributed by atoms with Crippen LogP contribution in [-0.2, 0) is 14.8 Å². The molecule has 0 aliphatic carbocycles. The number of carbonyl (C=O) groups excluding carboxylic acids is 1. The van der Waals surface area contributed by atoms with E-state index in [2.05, 4.69) is 26.5 Å². The Morgan fingerprint density at radius 2 is 1.80 bits per heavy atom. The van der Waals surface area contributed by atoms with Crippen molar-refractivity contribution >= 4 is 49.4 Å². The van der Waals surface area contributed by atoms with Gasteiger partial charge in [-0.2, -0.15) is 5.10 Å². The highest BCUT2D eigenvalue weighted by atomic mass is 79.9. The Bertz CT molecular complexity index is 1360. The van der Waals surface area contributed by atoms with Gasteiger partial charge in [0, 0.05) is 16.1 Å². The van der Waals surface area contributed by atoms with Crippen molar-refractivity contribution in [2.45, 2.75) is 11.8 Å². The minimum Gasteiger partial charge on any atom is -0.497 e. The first-order valence-electron chi connectivity index (χ1n) is 10.1. The number of ether oxygens (including phenoxy) is 1. The van der Waals surface area contributed by atoms with E-state index in [0.717, 1.165) is 20.4 Å². The number of hydrogen-bond donors (Lipinski definition) is 1. The molecule has 3 aromatic carbocycles. The number of nitrogens with one attached hydrogen (secondary N) is 1. The summed E-state index contributed by atoms with van der Waals surface area (Å²) in [5.41, 5.74) is 3.17. The van der Waals surface area contributed by atoms with E-state index in [0.29, 0.717) is 11.3 Å². The lowest BCUT2D eigenvalue weighted by Crippen LogP contribution is -2.39. The predicted molar refractivity (Wildman–Crippen MR) is 135 cm³/mol. The van der Waals surface area contributed by atoms with Crippen LogP contribution in [0.5, 0.6) is 5.75 Å². The van der Waals surface area contributed by atoms with Gasteiger partial charge in [0.05, 0.1) is 28.8 Å². The van der Waals surface area contributed by atoms with Gasteiger partial charge in [0.15, 0.2) is 0 Å². The van der Waals surface area contributed by atoms with E-state index in [1.807, 2.05) is 12.1 Å². The van der Waals surface area contributed by atoms with E-state index in [1.54, 1.807) is 24.3 Å². The van der Waals surface area contributed by atoms with E-state index >= 15 is 0 Å². The van der Waals surface area contributed by atoms with Crippen molar-refractivity contribution in [2.24, 2.45) is 5.10 Å². The van der Waals surface area contributed by atoms with Crippen LogP contribution in [0.25, 0.3) is 0 Å². The van der Waals surface area contributed by atoms with E-state index in [-0.39, 0.29) is 16.3 Å². The van der Waals surface area contributed by atoms with Crippen LogP contribution >= 0.6 is 15.9 Å². The Labute approximate surface area is 210 Å². The van der Waals surface area contributed by atoms with Gasteiger partial charge in [0.1, 0.15) is 12.3 Å². The summed E-state index contributed by atoms with van der Waals surface area (Å²) in [4.78, 5) is 23.0. The smallest absolute Gasteiger partial charge is 0.273 e. The van der Waals surface area contributed by atoms with E-state index < -0.39 is 27.4 Å². The Hall–Kier alpha value is -3.77. The van der Waals surface area contributed by atoms with Crippen molar-refractivity contribution in [1.29, 1.82) is 0 Å². The van der Waals surface area contributed by atoms with Crippen LogP contribution in [-0.4, -0.2) is 39.1 Å². The van der Waals surface area contributed by atoms with Crippen LogP contribution in [0.3, 0.4) is 0 Å². The summed E-state index contributed by atoms with van der Waals surface area (Å²) in [5, 5.41) is 15.2. The molecule has 0 radical (unpaired) electrons. The van der Waals surface area contributed by atoms with Crippen LogP contribution < -0.4 is 14.5 Å². The highest BCUT2D eigenvalue weighted by molar-refractivity contribution is 9.10. The van der Waals surface area contributed by atoms with Gasteiger partial charge in [-0.15, -0.1) is 0 Å². The van der Waals surface area contributed by atoms with Gasteiger partial charge >= 0.3 is 0 Å². The zero-order valence-electron chi connectivity index (χ0n) is 18.7. The van der Waals surface area contributed by atoms with Crippen molar-refractivity contribution in [3.05, 3.63) is 92.4 Å². The van der Waals surface area contributed by atoms with Gasteiger partial charge in [-0.1, -0.05) is 34.1 Å². The van der Waals surface area contributed by atoms with Crippen LogP contribution in [0, 0.1) is 17.0 Å². The molecule has 3 aromatic rings. The predicted octanol–water partition coefficient (Wildman–Crippen LogP) is 4.02. The highest BCUT2D eigenvalue weighted by Crippen LogP contribution is 2.29. The summed E-state index contributed by atoms with van der Waals surface area (Å²) in [6, 6.07) is 16.8. The normalized spacial score (nSPS) is 11.3. The van der Waals surface area contributed by atoms with Crippen molar-refractivity contribution < 1.29 is 22.9 Å². The zero-order chi connectivity index (χ0) is 25.6. The molecule has 35 heavy (non-hydrogen) atoms. The number of carbonyl (C=O) groups is 1. The van der Waals surface area contributed by atoms with Gasteiger partial charge in [-0.25, -0.2) is 13.8 Å². The monoisotopic (exact) mass is 560 g/mol. The van der Waals surface area contributed by atoms with Crippen molar-refractivity contribution in [3.8, 4) is 5.75 Å². The molecule has 1 amide bonds. The van der Waals surface area contributed by atoms with Crippen LogP contribution in [0.15, 0.2) is 81.2 Å². The van der Waals surface area contributed by atoms with Crippen LogP contribution in [0.2, 0.25) is 0 Å². The Balaban J connectivity index is 1.91. The Morgan fingerprint density at radius 3 is 2.40 bits per heavy atom. The maximum atomic E-state index is 13.5. The highest BCUT2D eigenvalue weighted by Gasteiger charge is 2.29. The molecule has 0 aromatic heterocycles. The molecule has 0 heterocycles. The molecule has 0 saturated heterocycles. The summed E-state index contributed by atoms with van der Waals surface area (Å²) in [5.74, 6) is -0.222. The van der Waals surface area contributed by atoms with Gasteiger partial charge in [-0.05, 0) is 55.0 Å². The second kappa shape index (κ2) is 11.1. The average molecular weight is 561 g/mol. The topological polar surface area (TPSA) is 131 Å². The molecule has 0 spiro atoms. The van der Waals surface area contributed by atoms with Gasteiger partial charge in [0.2, 0.25) is 0 Å². The van der Waals surface area contributed by atoms with Crippen molar-refractivity contribution in [3.63, 3.8) is 0 Å². The van der Waals surface area contributed by atoms with Gasteiger partial charge < -0.3 is 4.74 Å². The summed E-state index contributed by atoms with van der Waals surface area (Å²) >= 11 is 3.33. The first kappa shape index (κ1) is 25.8. The molecular formula is C23H21BrN4O6S. The van der Waals surface area contributed by atoms with Gasteiger partial charge in [0.25, 0.3) is 21.6 Å². The number of hydrogen-bond acceptors (Lipinski definition) is 7. The molecule has 0 saturated carbocycles. The molecular weight excluding hydrogens is 540 g/mol. The zero-order valence-corrected chi connectivity index (χ0v) is 21.1. The maximum absolute atomic E-state index is 13.5. The summed E-state index contributed by atoms with van der Waals surface area (Å²) in [6.07, 6.45) is 1.42. The summed E-state index contributed by atoms with van der Waals surface area (Å²) < 4.78 is 33.8. The third-order valence-electron chi connectivity index (χ3n) is 4.89. The summed E-state index contributed by atoms with van der Waals surface area (Å²) in [6.45, 7) is 0.890. The molecule has 0 aliphatic rings. The first-order valence-corrected chi connectivity index (χ1v) is 12.3. The number of aryl methyl sites for hydroxylation is 1.